The zero-order chi connectivity index (χ0) is 15.2. The summed E-state index contributed by atoms with van der Waals surface area (Å²) in [5, 5.41) is 13.7. The highest BCUT2D eigenvalue weighted by Crippen LogP contribution is 2.21. The van der Waals surface area contributed by atoms with Crippen LogP contribution < -0.4 is 5.32 Å². The molecule has 0 unspecified atom stereocenters. The van der Waals surface area contributed by atoms with Gasteiger partial charge in [-0.3, -0.25) is 9.69 Å². The van der Waals surface area contributed by atoms with Crippen molar-refractivity contribution in [3.05, 3.63) is 50.6 Å². The first kappa shape index (κ1) is 15.7. The van der Waals surface area contributed by atoms with Crippen LogP contribution in [0.3, 0.4) is 0 Å². The lowest BCUT2D eigenvalue weighted by atomic mass is 10.2. The van der Waals surface area contributed by atoms with Gasteiger partial charge in [-0.25, -0.2) is 0 Å². The van der Waals surface area contributed by atoms with Crippen LogP contribution >= 0.6 is 27.3 Å². The molecule has 108 valence electrons. The Morgan fingerprint density at radius 1 is 1.48 bits per heavy atom. The van der Waals surface area contributed by atoms with Gasteiger partial charge in [0.1, 0.15) is 0 Å². The summed E-state index contributed by atoms with van der Waals surface area (Å²) >= 11 is 5.06. The molecule has 0 aliphatic carbocycles. The van der Waals surface area contributed by atoms with Crippen molar-refractivity contribution < 1.29 is 4.79 Å². The molecule has 1 amide bonds. The van der Waals surface area contributed by atoms with E-state index in [4.69, 9.17) is 5.26 Å². The standard InChI is InChI=1S/C15H14BrN3OS/c1-19(8-12-6-14(16)21-10-12)9-15(20)18-13-4-2-3-11(5-13)7-17/h2-6,10H,8-9H2,1H3,(H,18,20). The summed E-state index contributed by atoms with van der Waals surface area (Å²) < 4.78 is 1.09. The molecule has 0 bridgehead atoms. The van der Waals surface area contributed by atoms with Crippen molar-refractivity contribution in [1.82, 2.24) is 4.90 Å². The lowest BCUT2D eigenvalue weighted by Crippen LogP contribution is -2.29. The van der Waals surface area contributed by atoms with Gasteiger partial charge in [-0.2, -0.15) is 5.26 Å². The monoisotopic (exact) mass is 363 g/mol. The molecule has 1 aromatic heterocycles. The first-order valence-electron chi connectivity index (χ1n) is 6.28. The van der Waals surface area contributed by atoms with E-state index in [1.165, 1.54) is 5.56 Å². The van der Waals surface area contributed by atoms with E-state index in [-0.39, 0.29) is 5.91 Å². The van der Waals surface area contributed by atoms with Crippen molar-refractivity contribution in [1.29, 1.82) is 5.26 Å². The molecule has 6 heteroatoms. The van der Waals surface area contributed by atoms with Crippen LogP contribution in [0, 0.1) is 11.3 Å². The van der Waals surface area contributed by atoms with Gasteiger partial charge in [0.15, 0.2) is 0 Å². The zero-order valence-electron chi connectivity index (χ0n) is 11.5. The second kappa shape index (κ2) is 7.36. The van der Waals surface area contributed by atoms with E-state index < -0.39 is 0 Å². The minimum atomic E-state index is -0.0955. The van der Waals surface area contributed by atoms with Gasteiger partial charge in [-0.05, 0) is 58.2 Å². The number of likely N-dealkylation sites (N-methyl/N-ethyl adjacent to an activating group) is 1. The fourth-order valence-corrected chi connectivity index (χ4v) is 3.11. The third-order valence-electron chi connectivity index (χ3n) is 2.76. The summed E-state index contributed by atoms with van der Waals surface area (Å²) in [7, 11) is 1.90. The van der Waals surface area contributed by atoms with Gasteiger partial charge in [-0.1, -0.05) is 6.07 Å². The molecule has 0 saturated carbocycles. The molecule has 0 fully saturated rings. The van der Waals surface area contributed by atoms with Crippen molar-refractivity contribution in [3.63, 3.8) is 0 Å². The molecule has 1 N–H and O–H groups in total. The molecule has 0 aliphatic rings. The van der Waals surface area contributed by atoms with Crippen molar-refractivity contribution in [3.8, 4) is 6.07 Å². The van der Waals surface area contributed by atoms with E-state index >= 15 is 0 Å². The summed E-state index contributed by atoms with van der Waals surface area (Å²) in [6.45, 7) is 1.01. The summed E-state index contributed by atoms with van der Waals surface area (Å²) in [6, 6.07) is 11.0. The highest BCUT2D eigenvalue weighted by atomic mass is 79.9. The predicted octanol–water partition coefficient (Wildman–Crippen LogP) is 3.45. The SMILES string of the molecule is CN(CC(=O)Nc1cccc(C#N)c1)Cc1csc(Br)c1. The van der Waals surface area contributed by atoms with E-state index in [1.807, 2.05) is 11.9 Å². The number of hydrogen-bond acceptors (Lipinski definition) is 4. The van der Waals surface area contributed by atoms with Gasteiger partial charge in [0.25, 0.3) is 0 Å². The molecular formula is C15H14BrN3OS. The van der Waals surface area contributed by atoms with Crippen LogP contribution in [-0.4, -0.2) is 24.4 Å². The Bertz CT molecular complexity index is 678. The second-order valence-electron chi connectivity index (χ2n) is 4.67. The Morgan fingerprint density at radius 3 is 2.95 bits per heavy atom. The fourth-order valence-electron chi connectivity index (χ4n) is 1.91. The summed E-state index contributed by atoms with van der Waals surface area (Å²) in [4.78, 5) is 13.9. The molecule has 0 radical (unpaired) electrons. The van der Waals surface area contributed by atoms with Crippen molar-refractivity contribution >= 4 is 38.9 Å². The van der Waals surface area contributed by atoms with Crippen molar-refractivity contribution in [2.45, 2.75) is 6.54 Å². The minimum Gasteiger partial charge on any atom is -0.325 e. The number of benzene rings is 1. The summed E-state index contributed by atoms with van der Waals surface area (Å²) in [5.41, 5.74) is 2.35. The van der Waals surface area contributed by atoms with Gasteiger partial charge >= 0.3 is 0 Å². The highest BCUT2D eigenvalue weighted by molar-refractivity contribution is 9.11. The number of halogens is 1. The van der Waals surface area contributed by atoms with Crippen molar-refractivity contribution in [2.75, 3.05) is 18.9 Å². The lowest BCUT2D eigenvalue weighted by molar-refractivity contribution is -0.117. The van der Waals surface area contributed by atoms with E-state index in [1.54, 1.807) is 35.6 Å². The molecule has 0 saturated heterocycles. The normalized spacial score (nSPS) is 10.4. The topological polar surface area (TPSA) is 56.1 Å². The molecule has 0 spiro atoms. The van der Waals surface area contributed by atoms with Gasteiger partial charge in [0, 0.05) is 12.2 Å². The predicted molar refractivity (Wildman–Crippen MR) is 88.1 cm³/mol. The Kier molecular flexibility index (Phi) is 5.51. The smallest absolute Gasteiger partial charge is 0.238 e. The maximum atomic E-state index is 12.0. The van der Waals surface area contributed by atoms with Crippen LogP contribution in [-0.2, 0) is 11.3 Å². The van der Waals surface area contributed by atoms with E-state index in [9.17, 15) is 4.79 Å². The largest absolute Gasteiger partial charge is 0.325 e. The highest BCUT2D eigenvalue weighted by Gasteiger charge is 2.09. The summed E-state index contributed by atoms with van der Waals surface area (Å²) in [6.07, 6.45) is 0. The fraction of sp³-hybridized carbons (Fsp3) is 0.200. The molecule has 2 aromatic rings. The molecule has 1 aromatic carbocycles. The molecular weight excluding hydrogens is 350 g/mol. The Labute approximate surface area is 136 Å². The number of carbonyl (C=O) groups is 1. The Morgan fingerprint density at radius 2 is 2.29 bits per heavy atom. The van der Waals surface area contributed by atoms with Gasteiger partial charge in [0.05, 0.1) is 22.0 Å². The quantitative estimate of drug-likeness (QED) is 0.884. The molecule has 21 heavy (non-hydrogen) atoms. The maximum absolute atomic E-state index is 12.0. The molecule has 0 aliphatic heterocycles. The van der Waals surface area contributed by atoms with E-state index in [0.717, 1.165) is 3.79 Å². The van der Waals surface area contributed by atoms with Crippen LogP contribution in [0.2, 0.25) is 0 Å². The van der Waals surface area contributed by atoms with Crippen LogP contribution in [0.15, 0.2) is 39.5 Å². The average Bonchev–Trinajstić information content (AvgIpc) is 2.83. The minimum absolute atomic E-state index is 0.0955. The number of anilines is 1. The number of rotatable bonds is 5. The van der Waals surface area contributed by atoms with Crippen LogP contribution in [0.4, 0.5) is 5.69 Å². The average molecular weight is 364 g/mol. The summed E-state index contributed by atoms with van der Waals surface area (Å²) in [5.74, 6) is -0.0955. The van der Waals surface area contributed by atoms with E-state index in [2.05, 4.69) is 38.8 Å². The first-order valence-corrected chi connectivity index (χ1v) is 7.95. The van der Waals surface area contributed by atoms with Crippen molar-refractivity contribution in [2.24, 2.45) is 0 Å². The number of amides is 1. The number of thiophene rings is 1. The number of nitrogens with one attached hydrogen (secondary N) is 1. The third-order valence-corrected chi connectivity index (χ3v) is 4.32. The van der Waals surface area contributed by atoms with Crippen LogP contribution in [0.25, 0.3) is 0 Å². The molecule has 0 atom stereocenters. The Balaban J connectivity index is 1.87. The van der Waals surface area contributed by atoms with Gasteiger partial charge < -0.3 is 5.32 Å². The van der Waals surface area contributed by atoms with Gasteiger partial charge in [0.2, 0.25) is 5.91 Å². The first-order chi connectivity index (χ1) is 10.1. The van der Waals surface area contributed by atoms with Crippen LogP contribution in [0.5, 0.6) is 0 Å². The second-order valence-corrected chi connectivity index (χ2v) is 6.96. The van der Waals surface area contributed by atoms with Gasteiger partial charge in [-0.15, -0.1) is 11.3 Å². The Hall–Kier alpha value is -1.68. The third kappa shape index (κ3) is 4.97. The molecule has 1 heterocycles. The number of hydrogen-bond donors (Lipinski definition) is 1. The maximum Gasteiger partial charge on any atom is 0.238 e. The van der Waals surface area contributed by atoms with Crippen LogP contribution in [0.1, 0.15) is 11.1 Å². The number of carbonyl (C=O) groups excluding carboxylic acids is 1. The van der Waals surface area contributed by atoms with E-state index in [0.29, 0.717) is 24.3 Å². The zero-order valence-corrected chi connectivity index (χ0v) is 13.9. The number of nitrogens with zero attached hydrogens (tertiary/aromatic N) is 2. The number of nitriles is 1. The lowest BCUT2D eigenvalue weighted by Gasteiger charge is -2.15. The molecule has 4 nitrogen and oxygen atoms in total. The molecule has 2 rings (SSSR count).